The number of nitrogens with one attached hydrogen (secondary N) is 1. The van der Waals surface area contributed by atoms with Gasteiger partial charge in [-0.3, -0.25) is 4.68 Å². The molecule has 2 aromatic rings. The zero-order valence-corrected chi connectivity index (χ0v) is 11.6. The van der Waals surface area contributed by atoms with Gasteiger partial charge in [-0.1, -0.05) is 18.5 Å². The number of aryl methyl sites for hydroxylation is 2. The summed E-state index contributed by atoms with van der Waals surface area (Å²) in [4.78, 5) is 4.14. The highest BCUT2D eigenvalue weighted by atomic mass is 35.5. The SMILES string of the molecule is CCc1nn(C)cc1CNc1cc(C#N)cc(Cl)n1. The van der Waals surface area contributed by atoms with Crippen LogP contribution in [-0.2, 0) is 20.0 Å². The van der Waals surface area contributed by atoms with Gasteiger partial charge in [0.15, 0.2) is 0 Å². The smallest absolute Gasteiger partial charge is 0.132 e. The lowest BCUT2D eigenvalue weighted by Gasteiger charge is -2.06. The summed E-state index contributed by atoms with van der Waals surface area (Å²) in [6.07, 6.45) is 2.85. The van der Waals surface area contributed by atoms with Crippen LogP contribution in [-0.4, -0.2) is 14.8 Å². The van der Waals surface area contributed by atoms with Crippen LogP contribution in [0.25, 0.3) is 0 Å². The van der Waals surface area contributed by atoms with E-state index in [1.54, 1.807) is 10.7 Å². The van der Waals surface area contributed by atoms with Crippen molar-refractivity contribution in [2.24, 2.45) is 7.05 Å². The van der Waals surface area contributed by atoms with E-state index in [4.69, 9.17) is 16.9 Å². The van der Waals surface area contributed by atoms with Crippen LogP contribution in [0.15, 0.2) is 18.3 Å². The Kier molecular flexibility index (Phi) is 4.03. The van der Waals surface area contributed by atoms with Gasteiger partial charge < -0.3 is 5.32 Å². The predicted molar refractivity (Wildman–Crippen MR) is 73.9 cm³/mol. The van der Waals surface area contributed by atoms with Crippen LogP contribution >= 0.6 is 11.6 Å². The van der Waals surface area contributed by atoms with E-state index >= 15 is 0 Å². The molecule has 0 spiro atoms. The minimum absolute atomic E-state index is 0.309. The number of hydrogen-bond donors (Lipinski definition) is 1. The van der Waals surface area contributed by atoms with Crippen molar-refractivity contribution in [1.29, 1.82) is 5.26 Å². The minimum atomic E-state index is 0.309. The fourth-order valence-corrected chi connectivity index (χ4v) is 2.08. The van der Waals surface area contributed by atoms with Crippen LogP contribution in [0.5, 0.6) is 0 Å². The molecular formula is C13H14ClN5. The monoisotopic (exact) mass is 275 g/mol. The van der Waals surface area contributed by atoms with Crippen LogP contribution in [0.2, 0.25) is 5.15 Å². The van der Waals surface area contributed by atoms with Crippen molar-refractivity contribution in [1.82, 2.24) is 14.8 Å². The molecule has 2 heterocycles. The van der Waals surface area contributed by atoms with Crippen LogP contribution in [0.3, 0.4) is 0 Å². The fourth-order valence-electron chi connectivity index (χ4n) is 1.87. The molecule has 0 atom stereocenters. The second kappa shape index (κ2) is 5.72. The topological polar surface area (TPSA) is 66.5 Å². The second-order valence-electron chi connectivity index (χ2n) is 4.16. The molecule has 0 radical (unpaired) electrons. The van der Waals surface area contributed by atoms with Gasteiger partial charge in [-0.15, -0.1) is 0 Å². The fraction of sp³-hybridized carbons (Fsp3) is 0.308. The number of halogens is 1. The lowest BCUT2D eigenvalue weighted by Crippen LogP contribution is -2.03. The van der Waals surface area contributed by atoms with Gasteiger partial charge in [-0.25, -0.2) is 4.98 Å². The standard InChI is InChI=1S/C13H14ClN5/c1-3-11-10(8-19(2)18-11)7-16-13-5-9(6-15)4-12(14)17-13/h4-5,8H,3,7H2,1-2H3,(H,16,17). The van der Waals surface area contributed by atoms with Gasteiger partial charge in [-0.2, -0.15) is 10.4 Å². The molecule has 0 bridgehead atoms. The maximum atomic E-state index is 8.88. The molecule has 0 saturated heterocycles. The first-order valence-electron chi connectivity index (χ1n) is 5.95. The Morgan fingerprint density at radius 3 is 2.95 bits per heavy atom. The molecule has 0 aromatic carbocycles. The molecule has 2 rings (SSSR count). The van der Waals surface area contributed by atoms with E-state index in [0.29, 0.717) is 23.1 Å². The molecule has 2 aromatic heterocycles. The largest absolute Gasteiger partial charge is 0.366 e. The lowest BCUT2D eigenvalue weighted by atomic mass is 10.2. The molecular weight excluding hydrogens is 262 g/mol. The molecule has 0 fully saturated rings. The summed E-state index contributed by atoms with van der Waals surface area (Å²) in [7, 11) is 1.90. The summed E-state index contributed by atoms with van der Waals surface area (Å²) in [6, 6.07) is 5.26. The van der Waals surface area contributed by atoms with Gasteiger partial charge in [0.1, 0.15) is 11.0 Å². The molecule has 19 heavy (non-hydrogen) atoms. The normalized spacial score (nSPS) is 10.2. The van der Waals surface area contributed by atoms with Gasteiger partial charge in [0.2, 0.25) is 0 Å². The molecule has 98 valence electrons. The third-order valence-corrected chi connectivity index (χ3v) is 2.90. The minimum Gasteiger partial charge on any atom is -0.366 e. The number of nitrogens with zero attached hydrogens (tertiary/aromatic N) is 4. The molecule has 0 aliphatic rings. The molecule has 5 nitrogen and oxygen atoms in total. The van der Waals surface area contributed by atoms with Gasteiger partial charge in [-0.05, 0) is 18.6 Å². The van der Waals surface area contributed by atoms with Crippen molar-refractivity contribution < 1.29 is 0 Å². The van der Waals surface area contributed by atoms with Crippen molar-refractivity contribution in [2.45, 2.75) is 19.9 Å². The average Bonchev–Trinajstić information content (AvgIpc) is 2.76. The maximum absolute atomic E-state index is 8.88. The second-order valence-corrected chi connectivity index (χ2v) is 4.54. The van der Waals surface area contributed by atoms with E-state index in [-0.39, 0.29) is 0 Å². The summed E-state index contributed by atoms with van der Waals surface area (Å²) in [5, 5.41) is 16.7. The molecule has 0 aliphatic heterocycles. The third kappa shape index (κ3) is 3.24. The molecule has 0 amide bonds. The van der Waals surface area contributed by atoms with E-state index in [2.05, 4.69) is 28.4 Å². The summed E-state index contributed by atoms with van der Waals surface area (Å²) < 4.78 is 1.79. The Bertz CT molecular complexity index is 626. The Morgan fingerprint density at radius 2 is 2.26 bits per heavy atom. The first-order chi connectivity index (χ1) is 9.12. The van der Waals surface area contributed by atoms with Crippen molar-refractivity contribution in [3.05, 3.63) is 40.3 Å². The first-order valence-corrected chi connectivity index (χ1v) is 6.33. The Hall–Kier alpha value is -2.06. The summed E-state index contributed by atoms with van der Waals surface area (Å²) in [6.45, 7) is 2.67. The van der Waals surface area contributed by atoms with E-state index in [0.717, 1.165) is 17.7 Å². The molecule has 0 aliphatic carbocycles. The van der Waals surface area contributed by atoms with Crippen molar-refractivity contribution >= 4 is 17.4 Å². The lowest BCUT2D eigenvalue weighted by molar-refractivity contribution is 0.746. The Labute approximate surface area is 116 Å². The number of pyridine rings is 1. The zero-order chi connectivity index (χ0) is 13.8. The third-order valence-electron chi connectivity index (χ3n) is 2.71. The highest BCUT2D eigenvalue weighted by Crippen LogP contribution is 2.15. The van der Waals surface area contributed by atoms with Crippen LogP contribution in [0.1, 0.15) is 23.7 Å². The molecule has 0 saturated carbocycles. The van der Waals surface area contributed by atoms with Crippen LogP contribution in [0, 0.1) is 11.3 Å². The number of aromatic nitrogens is 3. The number of hydrogen-bond acceptors (Lipinski definition) is 4. The van der Waals surface area contributed by atoms with Gasteiger partial charge in [0.25, 0.3) is 0 Å². The van der Waals surface area contributed by atoms with Crippen molar-refractivity contribution in [3.63, 3.8) is 0 Å². The van der Waals surface area contributed by atoms with Gasteiger partial charge >= 0.3 is 0 Å². The van der Waals surface area contributed by atoms with Gasteiger partial charge in [0.05, 0.1) is 17.3 Å². The highest BCUT2D eigenvalue weighted by molar-refractivity contribution is 6.29. The number of anilines is 1. The summed E-state index contributed by atoms with van der Waals surface area (Å²) >= 11 is 5.85. The number of nitriles is 1. The number of rotatable bonds is 4. The molecule has 6 heteroatoms. The zero-order valence-electron chi connectivity index (χ0n) is 10.8. The predicted octanol–water partition coefficient (Wildman–Crippen LogP) is 2.51. The van der Waals surface area contributed by atoms with Crippen LogP contribution < -0.4 is 5.32 Å². The van der Waals surface area contributed by atoms with E-state index < -0.39 is 0 Å². The quantitative estimate of drug-likeness (QED) is 0.871. The van der Waals surface area contributed by atoms with Crippen molar-refractivity contribution in [3.8, 4) is 6.07 Å². The van der Waals surface area contributed by atoms with Gasteiger partial charge in [0, 0.05) is 25.4 Å². The van der Waals surface area contributed by atoms with Crippen molar-refractivity contribution in [2.75, 3.05) is 5.32 Å². The van der Waals surface area contributed by atoms with E-state index in [1.165, 1.54) is 6.07 Å². The Morgan fingerprint density at radius 1 is 1.47 bits per heavy atom. The van der Waals surface area contributed by atoms with E-state index in [9.17, 15) is 0 Å². The summed E-state index contributed by atoms with van der Waals surface area (Å²) in [5.74, 6) is 0.593. The molecule has 0 unspecified atom stereocenters. The molecule has 1 N–H and O–H groups in total. The highest BCUT2D eigenvalue weighted by Gasteiger charge is 2.06. The first kappa shape index (κ1) is 13.4. The van der Waals surface area contributed by atoms with E-state index in [1.807, 2.05) is 13.2 Å². The Balaban J connectivity index is 2.14. The average molecular weight is 276 g/mol. The maximum Gasteiger partial charge on any atom is 0.132 e. The summed E-state index contributed by atoms with van der Waals surface area (Å²) in [5.41, 5.74) is 2.66. The van der Waals surface area contributed by atoms with Crippen LogP contribution in [0.4, 0.5) is 5.82 Å².